The van der Waals surface area contributed by atoms with Crippen LogP contribution in [0.2, 0.25) is 0 Å². The van der Waals surface area contributed by atoms with E-state index in [1.165, 1.54) is 6.26 Å². The third kappa shape index (κ3) is 6.76. The molecule has 0 radical (unpaired) electrons. The lowest BCUT2D eigenvalue weighted by Gasteiger charge is -2.35. The fourth-order valence-electron chi connectivity index (χ4n) is 3.66. The number of likely N-dealkylation sites (N-methyl/N-ethyl adjacent to an activating group) is 1. The fourth-order valence-corrected chi connectivity index (χ4v) is 4.47. The number of amides is 1. The van der Waals surface area contributed by atoms with Crippen molar-refractivity contribution in [3.8, 4) is 0 Å². The summed E-state index contributed by atoms with van der Waals surface area (Å²) in [6, 6.07) is 11.4. The predicted octanol–water partition coefficient (Wildman–Crippen LogP) is 4.45. The number of aromatic nitrogens is 2. The lowest BCUT2D eigenvalue weighted by molar-refractivity contribution is -0.141. The van der Waals surface area contributed by atoms with Crippen LogP contribution < -0.4 is 10.2 Å². The second kappa shape index (κ2) is 11.1. The molecule has 0 spiro atoms. The highest BCUT2D eigenvalue weighted by Gasteiger charge is 2.34. The summed E-state index contributed by atoms with van der Waals surface area (Å²) in [4.78, 5) is 24.6. The number of alkyl halides is 3. The zero-order valence-electron chi connectivity index (χ0n) is 19.2. The number of thioether (sulfide) groups is 1. The first-order valence-corrected chi connectivity index (χ1v) is 12.3. The highest BCUT2D eigenvalue weighted by atomic mass is 32.2. The van der Waals surface area contributed by atoms with Crippen LogP contribution in [0.4, 0.5) is 19.0 Å². The van der Waals surface area contributed by atoms with Crippen LogP contribution in [0.3, 0.4) is 0 Å². The lowest BCUT2D eigenvalue weighted by atomic mass is 10.1. The number of furan rings is 1. The van der Waals surface area contributed by atoms with E-state index in [0.717, 1.165) is 43.0 Å². The van der Waals surface area contributed by atoms with E-state index in [4.69, 9.17) is 4.42 Å². The van der Waals surface area contributed by atoms with Crippen molar-refractivity contribution in [3.05, 3.63) is 71.3 Å². The molecule has 1 N–H and O–H groups in total. The van der Waals surface area contributed by atoms with Crippen molar-refractivity contribution in [2.75, 3.05) is 37.6 Å². The number of nitrogens with one attached hydrogen (secondary N) is 1. The number of carbonyl (C=O) groups is 1. The Morgan fingerprint density at radius 1 is 1.11 bits per heavy atom. The molecule has 1 fully saturated rings. The first-order chi connectivity index (χ1) is 16.8. The van der Waals surface area contributed by atoms with Crippen molar-refractivity contribution >= 4 is 23.5 Å². The van der Waals surface area contributed by atoms with Crippen LogP contribution in [0, 0.1) is 0 Å². The summed E-state index contributed by atoms with van der Waals surface area (Å²) >= 11 is 1.14. The normalized spacial score (nSPS) is 14.8. The number of carbonyl (C=O) groups excluding carboxylic acids is 1. The lowest BCUT2D eigenvalue weighted by Crippen LogP contribution is -2.46. The van der Waals surface area contributed by atoms with Gasteiger partial charge in [0.1, 0.15) is 11.6 Å². The molecule has 0 bridgehead atoms. The third-order valence-electron chi connectivity index (χ3n) is 5.71. The molecular formula is C24H26F3N5O2S. The number of piperazine rings is 1. The van der Waals surface area contributed by atoms with E-state index < -0.39 is 11.9 Å². The van der Waals surface area contributed by atoms with Gasteiger partial charge in [-0.3, -0.25) is 4.79 Å². The van der Waals surface area contributed by atoms with Crippen molar-refractivity contribution in [2.24, 2.45) is 0 Å². The molecule has 0 aliphatic carbocycles. The molecule has 1 saturated heterocycles. The Morgan fingerprint density at radius 3 is 2.49 bits per heavy atom. The average molecular weight is 506 g/mol. The molecule has 4 rings (SSSR count). The number of hydrogen-bond acceptors (Lipinski definition) is 7. The Labute approximate surface area is 205 Å². The Hall–Kier alpha value is -3.05. The molecule has 0 unspecified atom stereocenters. The minimum Gasteiger partial charge on any atom is -0.467 e. The van der Waals surface area contributed by atoms with Gasteiger partial charge in [0.25, 0.3) is 5.91 Å². The van der Waals surface area contributed by atoms with Gasteiger partial charge in [-0.25, -0.2) is 9.97 Å². The van der Waals surface area contributed by atoms with E-state index in [-0.39, 0.29) is 17.6 Å². The largest absolute Gasteiger partial charge is 0.467 e. The average Bonchev–Trinajstić information content (AvgIpc) is 3.39. The minimum atomic E-state index is -4.55. The molecule has 7 nitrogen and oxygen atoms in total. The first kappa shape index (κ1) is 25.1. The van der Waals surface area contributed by atoms with Crippen LogP contribution >= 0.6 is 11.8 Å². The molecule has 3 heterocycles. The predicted molar refractivity (Wildman–Crippen MR) is 127 cm³/mol. The van der Waals surface area contributed by atoms with Crippen molar-refractivity contribution in [3.63, 3.8) is 0 Å². The summed E-state index contributed by atoms with van der Waals surface area (Å²) in [5.74, 6) is 1.08. The van der Waals surface area contributed by atoms with Crippen LogP contribution in [-0.4, -0.2) is 53.5 Å². The van der Waals surface area contributed by atoms with E-state index in [1.807, 2.05) is 4.90 Å². The number of benzene rings is 1. The summed E-state index contributed by atoms with van der Waals surface area (Å²) < 4.78 is 45.7. The Balaban J connectivity index is 1.40. The summed E-state index contributed by atoms with van der Waals surface area (Å²) in [5, 5.41) is 2.85. The molecule has 1 aromatic carbocycles. The van der Waals surface area contributed by atoms with Gasteiger partial charge in [-0.2, -0.15) is 13.2 Å². The maximum Gasteiger partial charge on any atom is 0.433 e. The Bertz CT molecular complexity index is 1120. The molecule has 0 saturated carbocycles. The highest BCUT2D eigenvalue weighted by Crippen LogP contribution is 2.32. The molecule has 1 amide bonds. The van der Waals surface area contributed by atoms with Crippen LogP contribution in [0.5, 0.6) is 0 Å². The quantitative estimate of drug-likeness (QED) is 0.358. The van der Waals surface area contributed by atoms with Gasteiger partial charge in [-0.1, -0.05) is 30.8 Å². The molecule has 11 heteroatoms. The van der Waals surface area contributed by atoms with Crippen LogP contribution in [0.15, 0.2) is 58.3 Å². The topological polar surface area (TPSA) is 74.5 Å². The van der Waals surface area contributed by atoms with Gasteiger partial charge in [-0.15, -0.1) is 0 Å². The van der Waals surface area contributed by atoms with Crippen LogP contribution in [0.1, 0.15) is 34.3 Å². The first-order valence-electron chi connectivity index (χ1n) is 11.3. The van der Waals surface area contributed by atoms with Gasteiger partial charge < -0.3 is 19.5 Å². The number of anilines is 1. The third-order valence-corrected chi connectivity index (χ3v) is 6.63. The number of rotatable bonds is 8. The Kier molecular flexibility index (Phi) is 7.97. The second-order valence-corrected chi connectivity index (χ2v) is 9.00. The van der Waals surface area contributed by atoms with Crippen LogP contribution in [-0.2, 0) is 18.5 Å². The zero-order chi connectivity index (χ0) is 24.8. The molecule has 1 aliphatic rings. The molecular weight excluding hydrogens is 479 g/mol. The number of nitrogens with zero attached hydrogens (tertiary/aromatic N) is 4. The Morgan fingerprint density at radius 2 is 1.86 bits per heavy atom. The SMILES string of the molecule is CCN1CCN(c2cc(C(F)(F)F)nc(SCc3ccc(C(=O)NCc4ccco4)cc3)n2)CC1. The summed E-state index contributed by atoms with van der Waals surface area (Å²) in [6.07, 6.45) is -3.01. The van der Waals surface area contributed by atoms with Gasteiger partial charge in [0.15, 0.2) is 10.9 Å². The van der Waals surface area contributed by atoms with Crippen LogP contribution in [0.25, 0.3) is 0 Å². The molecule has 1 aliphatic heterocycles. The van der Waals surface area contributed by atoms with Crippen molar-refractivity contribution in [1.82, 2.24) is 20.2 Å². The smallest absolute Gasteiger partial charge is 0.433 e. The van der Waals surface area contributed by atoms with Gasteiger partial charge in [0.2, 0.25) is 0 Å². The molecule has 186 valence electrons. The van der Waals surface area contributed by atoms with E-state index in [9.17, 15) is 18.0 Å². The van der Waals surface area contributed by atoms with E-state index in [1.54, 1.807) is 36.4 Å². The standard InChI is InChI=1S/C24H26F3N5O2S/c1-2-31-9-11-32(12-10-31)21-14-20(24(25,26)27)29-23(30-21)35-16-17-5-7-18(8-6-17)22(33)28-15-19-4-3-13-34-19/h3-8,13-14H,2,9-12,15-16H2,1H3,(H,28,33). The molecule has 0 atom stereocenters. The monoisotopic (exact) mass is 505 g/mol. The second-order valence-electron chi connectivity index (χ2n) is 8.06. The van der Waals surface area contributed by atoms with Crippen molar-refractivity contribution in [1.29, 1.82) is 0 Å². The van der Waals surface area contributed by atoms with Gasteiger partial charge in [0.05, 0.1) is 12.8 Å². The number of hydrogen-bond donors (Lipinski definition) is 1. The number of halogens is 3. The maximum absolute atomic E-state index is 13.5. The van der Waals surface area contributed by atoms with Gasteiger partial charge >= 0.3 is 6.18 Å². The molecule has 3 aromatic rings. The van der Waals surface area contributed by atoms with E-state index in [0.29, 0.717) is 36.0 Å². The van der Waals surface area contributed by atoms with Gasteiger partial charge in [0, 0.05) is 43.6 Å². The van der Waals surface area contributed by atoms with E-state index >= 15 is 0 Å². The minimum absolute atomic E-state index is 0.0769. The summed E-state index contributed by atoms with van der Waals surface area (Å²) in [5.41, 5.74) is 0.386. The van der Waals surface area contributed by atoms with Crippen molar-refractivity contribution < 1.29 is 22.4 Å². The van der Waals surface area contributed by atoms with Gasteiger partial charge in [-0.05, 0) is 36.4 Å². The summed E-state index contributed by atoms with van der Waals surface area (Å²) in [6.45, 7) is 6.07. The maximum atomic E-state index is 13.5. The molecule has 35 heavy (non-hydrogen) atoms. The van der Waals surface area contributed by atoms with E-state index in [2.05, 4.69) is 27.1 Å². The van der Waals surface area contributed by atoms with Crippen molar-refractivity contribution in [2.45, 2.75) is 30.6 Å². The zero-order valence-corrected chi connectivity index (χ0v) is 20.0. The highest BCUT2D eigenvalue weighted by molar-refractivity contribution is 7.98. The fraction of sp³-hybridized carbons (Fsp3) is 0.375. The molecule has 2 aromatic heterocycles. The summed E-state index contributed by atoms with van der Waals surface area (Å²) in [7, 11) is 0.